The molecule has 93 valence electrons. The van der Waals surface area contributed by atoms with Crippen LogP contribution in [-0.4, -0.2) is 12.1 Å². The Morgan fingerprint density at radius 2 is 1.00 bits per heavy atom. The average molecular weight is 252 g/mol. The summed E-state index contributed by atoms with van der Waals surface area (Å²) in [5, 5.41) is 6.00. The van der Waals surface area contributed by atoms with Crippen LogP contribution in [0.2, 0.25) is 0 Å². The van der Waals surface area contributed by atoms with Crippen molar-refractivity contribution in [1.29, 1.82) is 0 Å². The van der Waals surface area contributed by atoms with E-state index in [1.807, 2.05) is 12.1 Å². The summed E-state index contributed by atoms with van der Waals surface area (Å²) in [6.45, 7) is 0. The molecule has 19 heavy (non-hydrogen) atoms. The minimum Gasteiger partial charge on any atom is -0.243 e. The first kappa shape index (κ1) is 11.3. The zero-order chi connectivity index (χ0) is 13.2. The van der Waals surface area contributed by atoms with Gasteiger partial charge < -0.3 is 0 Å². The van der Waals surface area contributed by atoms with Gasteiger partial charge in [0.1, 0.15) is 0 Å². The third-order valence-electron chi connectivity index (χ3n) is 2.76. The Morgan fingerprint density at radius 3 is 1.37 bits per heavy atom. The first-order valence-electron chi connectivity index (χ1n) is 5.77. The van der Waals surface area contributed by atoms with Crippen molar-refractivity contribution in [3.63, 3.8) is 0 Å². The van der Waals surface area contributed by atoms with Crippen LogP contribution in [0, 0.1) is 0 Å². The lowest BCUT2D eigenvalue weighted by Crippen LogP contribution is -2.40. The van der Waals surface area contributed by atoms with E-state index in [4.69, 9.17) is 0 Å². The second-order valence-electron chi connectivity index (χ2n) is 3.97. The number of nitrogens with zero attached hydrogens (tertiary/aromatic N) is 3. The van der Waals surface area contributed by atoms with Crippen molar-refractivity contribution in [2.75, 3.05) is 10.0 Å². The second kappa shape index (κ2) is 4.45. The number of hydrogen-bond donors (Lipinski definition) is 0. The van der Waals surface area contributed by atoms with E-state index in [2.05, 4.69) is 5.32 Å². The summed E-state index contributed by atoms with van der Waals surface area (Å²) >= 11 is 0. The summed E-state index contributed by atoms with van der Waals surface area (Å²) in [5.74, 6) is 0. The monoisotopic (exact) mass is 252 g/mol. The second-order valence-corrected chi connectivity index (χ2v) is 3.97. The molecule has 1 aliphatic heterocycles. The van der Waals surface area contributed by atoms with Gasteiger partial charge in [0.25, 0.3) is 0 Å². The maximum absolute atomic E-state index is 11.9. The molecule has 1 saturated heterocycles. The van der Waals surface area contributed by atoms with Crippen LogP contribution in [0.5, 0.6) is 0 Å². The number of urea groups is 2. The van der Waals surface area contributed by atoms with Gasteiger partial charge in [0.2, 0.25) is 0 Å². The molecule has 5 nitrogen and oxygen atoms in total. The molecule has 2 aromatic carbocycles. The van der Waals surface area contributed by atoms with E-state index in [9.17, 15) is 9.59 Å². The lowest BCUT2D eigenvalue weighted by Gasteiger charge is -2.25. The van der Waals surface area contributed by atoms with E-state index in [-0.39, 0.29) is 0 Å². The SMILES string of the molecule is O=C1[N]C(=O)N(c2ccccc2)N1c1ccccc1. The molecule has 0 saturated carbocycles. The van der Waals surface area contributed by atoms with Crippen molar-refractivity contribution in [2.45, 2.75) is 0 Å². The lowest BCUT2D eigenvalue weighted by molar-refractivity contribution is 0.243. The van der Waals surface area contributed by atoms with Crippen LogP contribution in [0.4, 0.5) is 21.0 Å². The number of imide groups is 1. The highest BCUT2D eigenvalue weighted by molar-refractivity contribution is 6.18. The van der Waals surface area contributed by atoms with E-state index in [1.165, 1.54) is 10.0 Å². The zero-order valence-electron chi connectivity index (χ0n) is 9.93. The number of carbonyl (C=O) groups excluding carboxylic acids is 2. The van der Waals surface area contributed by atoms with Crippen molar-refractivity contribution >= 4 is 23.4 Å². The molecule has 1 aliphatic rings. The molecule has 3 rings (SSSR count). The van der Waals surface area contributed by atoms with Crippen molar-refractivity contribution in [2.24, 2.45) is 0 Å². The van der Waals surface area contributed by atoms with E-state index in [0.717, 1.165) is 0 Å². The molecular formula is C14H10N3O2. The molecule has 0 aliphatic carbocycles. The number of carbonyl (C=O) groups is 2. The Hall–Kier alpha value is -2.82. The van der Waals surface area contributed by atoms with Gasteiger partial charge in [0.05, 0.1) is 11.4 Å². The molecule has 1 heterocycles. The maximum atomic E-state index is 11.9. The first-order chi connectivity index (χ1) is 9.27. The van der Waals surface area contributed by atoms with Crippen LogP contribution in [0.1, 0.15) is 0 Å². The largest absolute Gasteiger partial charge is 0.372 e. The number of hydrogen-bond acceptors (Lipinski definition) is 2. The van der Waals surface area contributed by atoms with Gasteiger partial charge in [-0.15, -0.1) is 5.32 Å². The predicted octanol–water partition coefficient (Wildman–Crippen LogP) is 2.77. The molecule has 0 N–H and O–H groups in total. The molecule has 2 aromatic rings. The molecule has 0 spiro atoms. The number of rotatable bonds is 2. The summed E-state index contributed by atoms with van der Waals surface area (Å²) < 4.78 is 0. The molecule has 4 amide bonds. The van der Waals surface area contributed by atoms with Crippen molar-refractivity contribution in [3.05, 3.63) is 60.7 Å². The van der Waals surface area contributed by atoms with Crippen LogP contribution >= 0.6 is 0 Å². The standard InChI is InChI=1S/C14H10N3O2/c18-13-15-14(19)17(12-9-5-2-6-10-12)16(13)11-7-3-1-4-8-11/h1-10H. The highest BCUT2D eigenvalue weighted by Crippen LogP contribution is 2.26. The van der Waals surface area contributed by atoms with Crippen LogP contribution < -0.4 is 15.3 Å². The minimum absolute atomic E-state index is 0.583. The Kier molecular flexibility index (Phi) is 2.64. The number of benzene rings is 2. The Morgan fingerprint density at radius 1 is 0.632 bits per heavy atom. The fraction of sp³-hybridized carbons (Fsp3) is 0. The van der Waals surface area contributed by atoms with Crippen LogP contribution in [0.15, 0.2) is 60.7 Å². The Labute approximate surface area is 110 Å². The quantitative estimate of drug-likeness (QED) is 0.825. The van der Waals surface area contributed by atoms with Crippen LogP contribution in [0.25, 0.3) is 0 Å². The van der Waals surface area contributed by atoms with Crippen molar-refractivity contribution in [1.82, 2.24) is 5.32 Å². The molecule has 1 radical (unpaired) electrons. The Bertz CT molecular complexity index is 558. The number of amides is 4. The van der Waals surface area contributed by atoms with Gasteiger partial charge in [0, 0.05) is 0 Å². The smallest absolute Gasteiger partial charge is 0.243 e. The van der Waals surface area contributed by atoms with E-state index in [1.54, 1.807) is 48.5 Å². The molecule has 0 aromatic heterocycles. The zero-order valence-corrected chi connectivity index (χ0v) is 9.93. The molecule has 1 fully saturated rings. The average Bonchev–Trinajstić information content (AvgIpc) is 2.75. The highest BCUT2D eigenvalue weighted by atomic mass is 16.2. The minimum atomic E-state index is -0.583. The molecule has 0 unspecified atom stereocenters. The van der Waals surface area contributed by atoms with E-state index < -0.39 is 12.1 Å². The van der Waals surface area contributed by atoms with Gasteiger partial charge in [-0.2, -0.15) is 10.0 Å². The number of hydrazine groups is 1. The molecular weight excluding hydrogens is 242 g/mol. The summed E-state index contributed by atoms with van der Waals surface area (Å²) in [5.41, 5.74) is 1.21. The van der Waals surface area contributed by atoms with Crippen LogP contribution in [0.3, 0.4) is 0 Å². The normalized spacial score (nSPS) is 14.7. The lowest BCUT2D eigenvalue weighted by atomic mass is 10.3. The van der Waals surface area contributed by atoms with E-state index >= 15 is 0 Å². The van der Waals surface area contributed by atoms with Gasteiger partial charge in [-0.1, -0.05) is 36.4 Å². The van der Waals surface area contributed by atoms with Gasteiger partial charge >= 0.3 is 12.1 Å². The topological polar surface area (TPSA) is 54.7 Å². The van der Waals surface area contributed by atoms with E-state index in [0.29, 0.717) is 11.4 Å². The molecule has 0 atom stereocenters. The first-order valence-corrected chi connectivity index (χ1v) is 5.77. The predicted molar refractivity (Wildman–Crippen MR) is 70.8 cm³/mol. The summed E-state index contributed by atoms with van der Waals surface area (Å²) in [4.78, 5) is 23.7. The summed E-state index contributed by atoms with van der Waals surface area (Å²) in [6.07, 6.45) is 0. The third-order valence-corrected chi connectivity index (χ3v) is 2.76. The molecule has 5 heteroatoms. The summed E-state index contributed by atoms with van der Waals surface area (Å²) in [6, 6.07) is 16.7. The van der Waals surface area contributed by atoms with Gasteiger partial charge in [-0.25, -0.2) is 9.59 Å². The third kappa shape index (κ3) is 1.91. The fourth-order valence-corrected chi connectivity index (χ4v) is 1.94. The van der Waals surface area contributed by atoms with Gasteiger partial charge in [0.15, 0.2) is 0 Å². The Balaban J connectivity index is 2.06. The number of anilines is 2. The highest BCUT2D eigenvalue weighted by Gasteiger charge is 2.39. The number of para-hydroxylation sites is 2. The van der Waals surface area contributed by atoms with Gasteiger partial charge in [-0.05, 0) is 24.3 Å². The maximum Gasteiger partial charge on any atom is 0.372 e. The summed E-state index contributed by atoms with van der Waals surface area (Å²) in [7, 11) is 0. The fourth-order valence-electron chi connectivity index (χ4n) is 1.94. The van der Waals surface area contributed by atoms with Crippen LogP contribution in [-0.2, 0) is 0 Å². The van der Waals surface area contributed by atoms with Crippen molar-refractivity contribution in [3.8, 4) is 0 Å². The van der Waals surface area contributed by atoms with Gasteiger partial charge in [-0.3, -0.25) is 0 Å². The van der Waals surface area contributed by atoms with Crippen molar-refractivity contribution < 1.29 is 9.59 Å². The molecule has 0 bridgehead atoms.